The van der Waals surface area contributed by atoms with Gasteiger partial charge in [-0.2, -0.15) is 10.1 Å². The lowest BCUT2D eigenvalue weighted by atomic mass is 10.1. The van der Waals surface area contributed by atoms with Gasteiger partial charge in [-0.3, -0.25) is 0 Å². The van der Waals surface area contributed by atoms with Crippen molar-refractivity contribution >= 4 is 17.2 Å². The molecule has 29 heavy (non-hydrogen) atoms. The second kappa shape index (κ2) is 9.18. The van der Waals surface area contributed by atoms with Crippen LogP contribution in [0.4, 0.5) is 11.4 Å². The molecule has 1 atom stereocenters. The van der Waals surface area contributed by atoms with Crippen molar-refractivity contribution in [2.24, 2.45) is 28.3 Å². The summed E-state index contributed by atoms with van der Waals surface area (Å²) in [5.74, 6) is 12.4. The highest BCUT2D eigenvalue weighted by molar-refractivity contribution is 5.97. The molecule has 0 radical (unpaired) electrons. The lowest BCUT2D eigenvalue weighted by molar-refractivity contribution is 0.228. The zero-order chi connectivity index (χ0) is 20.8. The SMILES string of the molecule is CN(C(N)c1ccc(/C(N)=N/N(N)c2ccccc2)cc1)N(N)c1ccccc1. The van der Waals surface area contributed by atoms with Gasteiger partial charge in [0.2, 0.25) is 0 Å². The van der Waals surface area contributed by atoms with Gasteiger partial charge in [0.05, 0.1) is 11.4 Å². The molecule has 0 aliphatic heterocycles. The molecule has 0 amide bonds. The number of benzene rings is 3. The molecule has 0 bridgehead atoms. The third kappa shape index (κ3) is 4.89. The van der Waals surface area contributed by atoms with E-state index < -0.39 is 6.17 Å². The predicted molar refractivity (Wildman–Crippen MR) is 118 cm³/mol. The van der Waals surface area contributed by atoms with Crippen molar-refractivity contribution in [1.29, 1.82) is 0 Å². The number of hydrazone groups is 1. The lowest BCUT2D eigenvalue weighted by Crippen LogP contribution is -2.49. The maximum atomic E-state index is 6.37. The highest BCUT2D eigenvalue weighted by Gasteiger charge is 2.17. The molecule has 8 heteroatoms. The van der Waals surface area contributed by atoms with Gasteiger partial charge in [-0.1, -0.05) is 60.7 Å². The third-order valence-electron chi connectivity index (χ3n) is 4.55. The van der Waals surface area contributed by atoms with Crippen LogP contribution in [0.15, 0.2) is 90.0 Å². The number of anilines is 2. The van der Waals surface area contributed by atoms with E-state index in [1.165, 1.54) is 10.2 Å². The number of hydrogen-bond donors (Lipinski definition) is 4. The molecule has 0 aliphatic carbocycles. The molecule has 0 saturated carbocycles. The first-order chi connectivity index (χ1) is 14.0. The summed E-state index contributed by atoms with van der Waals surface area (Å²) < 4.78 is 0. The summed E-state index contributed by atoms with van der Waals surface area (Å²) >= 11 is 0. The van der Waals surface area contributed by atoms with Crippen LogP contribution in [-0.2, 0) is 0 Å². The zero-order valence-electron chi connectivity index (χ0n) is 16.3. The average molecular weight is 390 g/mol. The molecule has 150 valence electrons. The van der Waals surface area contributed by atoms with E-state index in [0.717, 1.165) is 22.5 Å². The zero-order valence-corrected chi connectivity index (χ0v) is 16.3. The number of nitrogens with two attached hydrogens (primary N) is 4. The monoisotopic (exact) mass is 390 g/mol. The Labute approximate surface area is 170 Å². The Morgan fingerprint density at radius 2 is 1.31 bits per heavy atom. The van der Waals surface area contributed by atoms with Crippen molar-refractivity contribution in [3.05, 3.63) is 96.1 Å². The maximum absolute atomic E-state index is 6.37. The normalized spacial score (nSPS) is 12.7. The van der Waals surface area contributed by atoms with Crippen molar-refractivity contribution in [1.82, 2.24) is 5.01 Å². The molecule has 3 aromatic rings. The van der Waals surface area contributed by atoms with E-state index in [9.17, 15) is 0 Å². The lowest BCUT2D eigenvalue weighted by Gasteiger charge is -2.34. The topological polar surface area (TPSA) is 126 Å². The molecule has 0 saturated heterocycles. The first kappa shape index (κ1) is 20.3. The highest BCUT2D eigenvalue weighted by Crippen LogP contribution is 2.19. The van der Waals surface area contributed by atoms with Gasteiger partial charge in [0, 0.05) is 12.6 Å². The van der Waals surface area contributed by atoms with Gasteiger partial charge in [0.1, 0.15) is 6.17 Å². The smallest absolute Gasteiger partial charge is 0.152 e. The minimum atomic E-state index is -0.442. The van der Waals surface area contributed by atoms with Crippen LogP contribution in [0.5, 0.6) is 0 Å². The van der Waals surface area contributed by atoms with Crippen LogP contribution in [0.2, 0.25) is 0 Å². The third-order valence-corrected chi connectivity index (χ3v) is 4.55. The molecule has 8 N–H and O–H groups in total. The Hall–Kier alpha value is -3.43. The van der Waals surface area contributed by atoms with Gasteiger partial charge < -0.3 is 11.5 Å². The molecular weight excluding hydrogens is 364 g/mol. The number of amidine groups is 1. The van der Waals surface area contributed by atoms with Crippen molar-refractivity contribution in [2.75, 3.05) is 17.3 Å². The van der Waals surface area contributed by atoms with Gasteiger partial charge in [-0.15, -0.1) is 5.10 Å². The molecule has 0 aromatic heterocycles. The number of hydrazine groups is 3. The highest BCUT2D eigenvalue weighted by atomic mass is 15.8. The van der Waals surface area contributed by atoms with Crippen LogP contribution in [-0.4, -0.2) is 17.9 Å². The van der Waals surface area contributed by atoms with Crippen molar-refractivity contribution in [2.45, 2.75) is 6.17 Å². The van der Waals surface area contributed by atoms with E-state index in [2.05, 4.69) is 5.10 Å². The van der Waals surface area contributed by atoms with E-state index >= 15 is 0 Å². The van der Waals surface area contributed by atoms with E-state index in [4.69, 9.17) is 23.2 Å². The molecule has 0 heterocycles. The minimum Gasteiger partial charge on any atom is -0.382 e. The largest absolute Gasteiger partial charge is 0.382 e. The summed E-state index contributed by atoms with van der Waals surface area (Å²) in [4.78, 5) is 0. The Kier molecular flexibility index (Phi) is 6.43. The Morgan fingerprint density at radius 1 is 0.793 bits per heavy atom. The van der Waals surface area contributed by atoms with Crippen LogP contribution in [0.1, 0.15) is 17.3 Å². The molecule has 3 aromatic carbocycles. The average Bonchev–Trinajstić information content (AvgIpc) is 2.78. The van der Waals surface area contributed by atoms with Gasteiger partial charge in [-0.05, 0) is 29.8 Å². The maximum Gasteiger partial charge on any atom is 0.152 e. The van der Waals surface area contributed by atoms with Gasteiger partial charge in [0.25, 0.3) is 0 Å². The van der Waals surface area contributed by atoms with Crippen molar-refractivity contribution in [3.8, 4) is 0 Å². The first-order valence-corrected chi connectivity index (χ1v) is 9.10. The van der Waals surface area contributed by atoms with Crippen LogP contribution >= 0.6 is 0 Å². The number of hydrogen-bond acceptors (Lipinski definition) is 7. The number of rotatable bonds is 7. The standard InChI is InChI=1S/C21H26N8/c1-27(29(25)19-10-6-3-7-11-19)21(23)17-14-12-16(13-15-17)20(22)26-28(24)18-8-4-2-5-9-18/h2-15,21H,23-25H2,1H3,(H2,22,26). The van der Waals surface area contributed by atoms with Gasteiger partial charge >= 0.3 is 0 Å². The fourth-order valence-electron chi connectivity index (χ4n) is 2.78. The molecule has 0 aliphatic rings. The van der Waals surface area contributed by atoms with Crippen molar-refractivity contribution in [3.63, 3.8) is 0 Å². The quantitative estimate of drug-likeness (QED) is 0.159. The van der Waals surface area contributed by atoms with E-state index in [1.807, 2.05) is 92.0 Å². The van der Waals surface area contributed by atoms with Crippen LogP contribution < -0.4 is 33.4 Å². The van der Waals surface area contributed by atoms with E-state index in [0.29, 0.717) is 5.84 Å². The second-order valence-corrected chi connectivity index (χ2v) is 6.49. The molecular formula is C21H26N8. The van der Waals surface area contributed by atoms with Crippen LogP contribution in [0.25, 0.3) is 0 Å². The van der Waals surface area contributed by atoms with Gasteiger partial charge in [0.15, 0.2) is 5.84 Å². The minimum absolute atomic E-state index is 0.301. The van der Waals surface area contributed by atoms with Crippen molar-refractivity contribution < 1.29 is 0 Å². The van der Waals surface area contributed by atoms with Crippen LogP contribution in [0.3, 0.4) is 0 Å². The summed E-state index contributed by atoms with van der Waals surface area (Å²) in [6.45, 7) is 0. The molecule has 1 unspecified atom stereocenters. The Bertz CT molecular complexity index is 928. The molecule has 3 rings (SSSR count). The molecule has 0 spiro atoms. The first-order valence-electron chi connectivity index (χ1n) is 9.10. The fourth-order valence-corrected chi connectivity index (χ4v) is 2.78. The predicted octanol–water partition coefficient (Wildman–Crippen LogP) is 1.87. The second-order valence-electron chi connectivity index (χ2n) is 6.49. The summed E-state index contributed by atoms with van der Waals surface area (Å²) in [5.41, 5.74) is 15.7. The fraction of sp³-hybridized carbons (Fsp3) is 0.0952. The van der Waals surface area contributed by atoms with E-state index in [-0.39, 0.29) is 0 Å². The number of nitrogens with zero attached hydrogens (tertiary/aromatic N) is 4. The summed E-state index contributed by atoms with van der Waals surface area (Å²) in [5, 5.41) is 8.74. The number of para-hydroxylation sites is 2. The molecule has 0 fully saturated rings. The van der Waals surface area contributed by atoms with E-state index in [1.54, 1.807) is 5.01 Å². The molecule has 8 nitrogen and oxygen atoms in total. The summed E-state index contributed by atoms with van der Waals surface area (Å²) in [6, 6.07) is 26.4. The van der Waals surface area contributed by atoms with Gasteiger partial charge in [-0.25, -0.2) is 16.8 Å². The summed E-state index contributed by atoms with van der Waals surface area (Å²) in [7, 11) is 1.83. The van der Waals surface area contributed by atoms with Crippen LogP contribution in [0, 0.1) is 0 Å². The Balaban J connectivity index is 1.71. The Morgan fingerprint density at radius 3 is 1.86 bits per heavy atom. The summed E-state index contributed by atoms with van der Waals surface area (Å²) in [6.07, 6.45) is -0.442.